The number of esters is 1. The molecule has 0 bridgehead atoms. The molecule has 0 radical (unpaired) electrons. The summed E-state index contributed by atoms with van der Waals surface area (Å²) >= 11 is 0. The molecule has 5 heteroatoms. The second kappa shape index (κ2) is 20.6. The smallest absolute Gasteiger partial charge is 0.392 e. The van der Waals surface area contributed by atoms with Crippen molar-refractivity contribution in [2.75, 3.05) is 0 Å². The first-order chi connectivity index (χ1) is 20.1. The van der Waals surface area contributed by atoms with Crippen molar-refractivity contribution >= 4 is 5.97 Å². The Hall–Kier alpha value is -1.33. The van der Waals surface area contributed by atoms with Crippen LogP contribution in [0.25, 0.3) is 0 Å². The first kappa shape index (κ1) is 34.2. The summed E-state index contributed by atoms with van der Waals surface area (Å²) in [6.45, 7) is 8.10. The van der Waals surface area contributed by atoms with E-state index in [1.165, 1.54) is 102 Å². The van der Waals surface area contributed by atoms with Crippen molar-refractivity contribution < 1.29 is 23.7 Å². The van der Waals surface area contributed by atoms with Crippen molar-refractivity contribution in [2.45, 2.75) is 198 Å². The average Bonchev–Trinajstić information content (AvgIpc) is 2.98. The van der Waals surface area contributed by atoms with Gasteiger partial charge in [0.15, 0.2) is 5.76 Å². The second-order valence-electron chi connectivity index (χ2n) is 13.0. The molecule has 0 spiro atoms. The third-order valence-electron chi connectivity index (χ3n) is 9.35. The number of ether oxygens (including phenoxy) is 4. The van der Waals surface area contributed by atoms with Crippen LogP contribution in [-0.4, -0.2) is 30.3 Å². The minimum atomic E-state index is -1.75. The topological polar surface area (TPSA) is 54.0 Å². The van der Waals surface area contributed by atoms with Crippen LogP contribution in [0.15, 0.2) is 25.0 Å². The molecule has 5 nitrogen and oxygen atoms in total. The van der Waals surface area contributed by atoms with Crippen LogP contribution < -0.4 is 0 Å². The fourth-order valence-electron chi connectivity index (χ4n) is 6.82. The summed E-state index contributed by atoms with van der Waals surface area (Å²) in [5.74, 6) is -1.99. The maximum absolute atomic E-state index is 12.9. The summed E-state index contributed by atoms with van der Waals surface area (Å²) < 4.78 is 26.6. The van der Waals surface area contributed by atoms with Gasteiger partial charge in [0.05, 0.1) is 18.3 Å². The molecule has 3 aliphatic carbocycles. The van der Waals surface area contributed by atoms with E-state index in [1.807, 2.05) is 0 Å². The van der Waals surface area contributed by atoms with E-state index in [9.17, 15) is 4.79 Å². The Labute approximate surface area is 252 Å². The lowest BCUT2D eigenvalue weighted by Gasteiger charge is -2.40. The van der Waals surface area contributed by atoms with Crippen LogP contribution >= 0.6 is 0 Å². The first-order valence-corrected chi connectivity index (χ1v) is 17.7. The van der Waals surface area contributed by atoms with Crippen molar-refractivity contribution in [3.8, 4) is 0 Å². The van der Waals surface area contributed by atoms with Gasteiger partial charge in [0.2, 0.25) is 0 Å². The summed E-state index contributed by atoms with van der Waals surface area (Å²) in [5, 5.41) is 0. The monoisotopic (exact) mass is 574 g/mol. The fourth-order valence-corrected chi connectivity index (χ4v) is 6.82. The van der Waals surface area contributed by atoms with Crippen LogP contribution in [0.1, 0.15) is 173 Å². The summed E-state index contributed by atoms with van der Waals surface area (Å²) in [6, 6.07) is 0. The molecule has 0 N–H and O–H groups in total. The molecule has 3 saturated carbocycles. The Morgan fingerprint density at radius 1 is 0.512 bits per heavy atom. The standard InChI is InChI=1S/C36H62O5/c1-3-35(37)41-36(39-33-27-21-15-9-5-10-16-22-28-33,40-34-29-23-17-11-6-12-18-24-30-34)31(2)38-32-25-19-13-7-4-8-14-20-26-32/h3,32-34H,1-2,4-30H2. The minimum Gasteiger partial charge on any atom is -0.486 e. The van der Waals surface area contributed by atoms with E-state index >= 15 is 0 Å². The van der Waals surface area contributed by atoms with E-state index in [1.54, 1.807) is 0 Å². The van der Waals surface area contributed by atoms with E-state index < -0.39 is 11.9 Å². The maximum Gasteiger partial charge on any atom is 0.392 e. The summed E-state index contributed by atoms with van der Waals surface area (Å²) in [4.78, 5) is 12.9. The van der Waals surface area contributed by atoms with E-state index in [4.69, 9.17) is 18.9 Å². The lowest BCUT2D eigenvalue weighted by molar-refractivity contribution is -0.382. The Balaban J connectivity index is 1.86. The molecular weight excluding hydrogens is 512 g/mol. The zero-order valence-electron chi connectivity index (χ0n) is 26.4. The predicted octanol–water partition coefficient (Wildman–Crippen LogP) is 10.6. The van der Waals surface area contributed by atoms with Crippen LogP contribution in [0.5, 0.6) is 0 Å². The van der Waals surface area contributed by atoms with Crippen LogP contribution in [0.4, 0.5) is 0 Å². The molecule has 3 rings (SSSR count). The van der Waals surface area contributed by atoms with Gasteiger partial charge in [-0.1, -0.05) is 135 Å². The quantitative estimate of drug-likeness (QED) is 0.119. The van der Waals surface area contributed by atoms with Crippen LogP contribution in [0, 0.1) is 0 Å². The van der Waals surface area contributed by atoms with Crippen LogP contribution in [0.2, 0.25) is 0 Å². The zero-order chi connectivity index (χ0) is 29.0. The third kappa shape index (κ3) is 13.7. The van der Waals surface area contributed by atoms with Gasteiger partial charge in [0.1, 0.15) is 0 Å². The highest BCUT2D eigenvalue weighted by Gasteiger charge is 2.47. The Morgan fingerprint density at radius 2 is 0.805 bits per heavy atom. The molecule has 0 heterocycles. The van der Waals surface area contributed by atoms with Gasteiger partial charge in [0.25, 0.3) is 0 Å². The zero-order valence-corrected chi connectivity index (χ0v) is 26.4. The lowest BCUT2D eigenvalue weighted by Crippen LogP contribution is -2.49. The fraction of sp³-hybridized carbons (Fsp3) is 0.861. The van der Waals surface area contributed by atoms with Gasteiger partial charge in [0, 0.05) is 6.08 Å². The van der Waals surface area contributed by atoms with Crippen molar-refractivity contribution in [1.82, 2.24) is 0 Å². The number of carbonyl (C=O) groups is 1. The van der Waals surface area contributed by atoms with Gasteiger partial charge in [-0.15, -0.1) is 0 Å². The Morgan fingerprint density at radius 3 is 1.12 bits per heavy atom. The molecule has 0 aromatic heterocycles. The number of rotatable bonds is 9. The summed E-state index contributed by atoms with van der Waals surface area (Å²) in [7, 11) is 0. The van der Waals surface area contributed by atoms with Crippen molar-refractivity contribution in [3.63, 3.8) is 0 Å². The predicted molar refractivity (Wildman–Crippen MR) is 167 cm³/mol. The third-order valence-corrected chi connectivity index (χ3v) is 9.35. The van der Waals surface area contributed by atoms with Gasteiger partial charge < -0.3 is 18.9 Å². The van der Waals surface area contributed by atoms with Crippen molar-refractivity contribution in [3.05, 3.63) is 25.0 Å². The number of hydrogen-bond acceptors (Lipinski definition) is 5. The molecule has 236 valence electrons. The maximum atomic E-state index is 12.9. The molecule has 3 aliphatic rings. The number of carbonyl (C=O) groups excluding carboxylic acids is 1. The number of hydrogen-bond donors (Lipinski definition) is 0. The van der Waals surface area contributed by atoms with E-state index in [-0.39, 0.29) is 18.3 Å². The highest BCUT2D eigenvalue weighted by atomic mass is 16.9. The Kier molecular flexibility index (Phi) is 17.1. The Bertz CT molecular complexity index is 675. The molecule has 0 saturated heterocycles. The molecule has 0 aromatic carbocycles. The van der Waals surface area contributed by atoms with Crippen molar-refractivity contribution in [2.24, 2.45) is 0 Å². The highest BCUT2D eigenvalue weighted by Crippen LogP contribution is 2.36. The normalized spacial score (nSPS) is 23.1. The lowest BCUT2D eigenvalue weighted by atomic mass is 9.98. The molecule has 0 aromatic rings. The SMILES string of the molecule is C=CC(=O)OC(OC1CCCCCCCCC1)(OC1CCCCCCCCC1)C(=C)OC1CCCCCCCCC1. The second-order valence-corrected chi connectivity index (χ2v) is 13.0. The van der Waals surface area contributed by atoms with Crippen molar-refractivity contribution in [1.29, 1.82) is 0 Å². The summed E-state index contributed by atoms with van der Waals surface area (Å²) in [6.07, 6.45) is 32.5. The molecule has 3 fully saturated rings. The molecule has 0 amide bonds. The van der Waals surface area contributed by atoms with Gasteiger partial charge in [-0.05, 0) is 51.4 Å². The molecule has 0 aliphatic heterocycles. The average molecular weight is 575 g/mol. The van der Waals surface area contributed by atoms with E-state index in [2.05, 4.69) is 13.2 Å². The summed E-state index contributed by atoms with van der Waals surface area (Å²) in [5.41, 5.74) is 0. The van der Waals surface area contributed by atoms with E-state index in [0.29, 0.717) is 5.76 Å². The molecule has 0 unspecified atom stereocenters. The molecule has 41 heavy (non-hydrogen) atoms. The minimum absolute atomic E-state index is 0.0303. The van der Waals surface area contributed by atoms with Gasteiger partial charge in [-0.25, -0.2) is 4.79 Å². The van der Waals surface area contributed by atoms with E-state index in [0.717, 1.165) is 77.0 Å². The largest absolute Gasteiger partial charge is 0.486 e. The molecule has 0 atom stereocenters. The van der Waals surface area contributed by atoms with Gasteiger partial charge >= 0.3 is 11.9 Å². The van der Waals surface area contributed by atoms with Gasteiger partial charge in [-0.3, -0.25) is 0 Å². The van der Waals surface area contributed by atoms with Crippen LogP contribution in [-0.2, 0) is 23.7 Å². The first-order valence-electron chi connectivity index (χ1n) is 17.7. The van der Waals surface area contributed by atoms with Crippen LogP contribution in [0.3, 0.4) is 0 Å². The molecular formula is C36H62O5. The highest BCUT2D eigenvalue weighted by molar-refractivity contribution is 5.81. The van der Waals surface area contributed by atoms with Gasteiger partial charge in [-0.2, -0.15) is 0 Å².